The van der Waals surface area contributed by atoms with Gasteiger partial charge in [-0.3, -0.25) is 9.78 Å². The van der Waals surface area contributed by atoms with Crippen LogP contribution in [0.5, 0.6) is 0 Å². The molecule has 0 aliphatic carbocycles. The van der Waals surface area contributed by atoms with Gasteiger partial charge in [-0.05, 0) is 12.1 Å². The van der Waals surface area contributed by atoms with E-state index < -0.39 is 5.91 Å². The molecule has 2 N–H and O–H groups in total. The normalized spacial score (nSPS) is 8.00. The molecule has 1 aromatic heterocycles. The fourth-order valence-electron chi connectivity index (χ4n) is 0.509. The SMILES string of the molecule is NC(=O)c1cccnc1.[MgH2]. The van der Waals surface area contributed by atoms with Crippen molar-refractivity contribution < 1.29 is 4.79 Å². The third-order valence-electron chi connectivity index (χ3n) is 0.946. The number of hydrogen-bond acceptors (Lipinski definition) is 2. The van der Waals surface area contributed by atoms with Crippen molar-refractivity contribution in [2.24, 2.45) is 5.73 Å². The van der Waals surface area contributed by atoms with Crippen LogP contribution < -0.4 is 5.73 Å². The second kappa shape index (κ2) is 4.24. The molecule has 3 nitrogen and oxygen atoms in total. The van der Waals surface area contributed by atoms with Crippen LogP contribution in [0, 0.1) is 0 Å². The first-order valence-electron chi connectivity index (χ1n) is 2.50. The Morgan fingerprint density at radius 3 is 2.60 bits per heavy atom. The lowest BCUT2D eigenvalue weighted by Gasteiger charge is -1.88. The third kappa shape index (κ3) is 2.32. The molecule has 10 heavy (non-hydrogen) atoms. The van der Waals surface area contributed by atoms with E-state index in [0.717, 1.165) is 0 Å². The molecule has 0 unspecified atom stereocenters. The number of aromatic nitrogens is 1. The average molecular weight is 148 g/mol. The third-order valence-corrected chi connectivity index (χ3v) is 0.946. The molecule has 4 heteroatoms. The lowest BCUT2D eigenvalue weighted by Crippen LogP contribution is -2.10. The van der Waals surface area contributed by atoms with Crippen LogP contribution in [-0.2, 0) is 0 Å². The molecule has 0 fully saturated rings. The Labute approximate surface area is 74.8 Å². The summed E-state index contributed by atoms with van der Waals surface area (Å²) in [4.78, 5) is 14.1. The first-order chi connectivity index (χ1) is 4.30. The highest BCUT2D eigenvalue weighted by Gasteiger charge is 1.94. The Kier molecular flexibility index (Phi) is 3.98. The van der Waals surface area contributed by atoms with E-state index in [0.29, 0.717) is 5.56 Å². The summed E-state index contributed by atoms with van der Waals surface area (Å²) in [5, 5.41) is 0. The smallest absolute Gasteiger partial charge is 0.316 e. The molecule has 0 aliphatic heterocycles. The Hall–Kier alpha value is -0.614. The van der Waals surface area contributed by atoms with Crippen LogP contribution in [0.25, 0.3) is 0 Å². The molecule has 1 heterocycles. The number of hydrogen-bond donors (Lipinski definition) is 1. The van der Waals surface area contributed by atoms with Crippen molar-refractivity contribution in [3.05, 3.63) is 30.1 Å². The maximum Gasteiger partial charge on any atom is 0.316 e. The van der Waals surface area contributed by atoms with Crippen molar-refractivity contribution in [3.8, 4) is 0 Å². The Morgan fingerprint density at radius 2 is 2.30 bits per heavy atom. The minimum absolute atomic E-state index is 0. The van der Waals surface area contributed by atoms with Crippen molar-refractivity contribution >= 4 is 29.0 Å². The van der Waals surface area contributed by atoms with Gasteiger partial charge >= 0.3 is 23.1 Å². The maximum atomic E-state index is 10.4. The quantitative estimate of drug-likeness (QED) is 0.534. The molecular weight excluding hydrogens is 140 g/mol. The largest absolute Gasteiger partial charge is 0.366 e. The van der Waals surface area contributed by atoms with E-state index in [1.807, 2.05) is 0 Å². The van der Waals surface area contributed by atoms with Crippen molar-refractivity contribution in [1.82, 2.24) is 4.98 Å². The van der Waals surface area contributed by atoms with Gasteiger partial charge in [0.05, 0.1) is 5.56 Å². The number of primary amides is 1. The van der Waals surface area contributed by atoms with Crippen molar-refractivity contribution in [3.63, 3.8) is 0 Å². The summed E-state index contributed by atoms with van der Waals surface area (Å²) in [6, 6.07) is 3.29. The Bertz CT molecular complexity index is 212. The van der Waals surface area contributed by atoms with Gasteiger partial charge in [-0.2, -0.15) is 0 Å². The van der Waals surface area contributed by atoms with E-state index in [2.05, 4.69) is 4.98 Å². The van der Waals surface area contributed by atoms with E-state index in [4.69, 9.17) is 5.73 Å². The van der Waals surface area contributed by atoms with Gasteiger partial charge in [-0.15, -0.1) is 0 Å². The van der Waals surface area contributed by atoms with Crippen molar-refractivity contribution in [2.75, 3.05) is 0 Å². The second-order valence-corrected chi connectivity index (χ2v) is 1.61. The highest BCUT2D eigenvalue weighted by atomic mass is 24.3. The van der Waals surface area contributed by atoms with Gasteiger partial charge in [0.1, 0.15) is 0 Å². The minimum atomic E-state index is -0.442. The lowest BCUT2D eigenvalue weighted by atomic mass is 10.3. The van der Waals surface area contributed by atoms with Crippen molar-refractivity contribution in [1.29, 1.82) is 0 Å². The molecule has 0 saturated carbocycles. The number of amides is 1. The first kappa shape index (κ1) is 9.39. The molecule has 50 valence electrons. The average Bonchev–Trinajstić information content (AvgIpc) is 1.90. The molecule has 0 atom stereocenters. The zero-order valence-corrected chi connectivity index (χ0v) is 4.74. The second-order valence-electron chi connectivity index (χ2n) is 1.61. The van der Waals surface area contributed by atoms with Crippen LogP contribution in [0.3, 0.4) is 0 Å². The molecule has 0 spiro atoms. The number of nitrogens with zero attached hydrogens (tertiary/aromatic N) is 1. The van der Waals surface area contributed by atoms with Gasteiger partial charge in [0.2, 0.25) is 5.91 Å². The van der Waals surface area contributed by atoms with E-state index >= 15 is 0 Å². The monoisotopic (exact) mass is 148 g/mol. The fourth-order valence-corrected chi connectivity index (χ4v) is 0.509. The number of rotatable bonds is 1. The Morgan fingerprint density at radius 1 is 1.60 bits per heavy atom. The molecular formula is C6H8MgN2O. The number of pyridine rings is 1. The minimum Gasteiger partial charge on any atom is -0.366 e. The molecule has 1 amide bonds. The zero-order chi connectivity index (χ0) is 6.69. The van der Waals surface area contributed by atoms with E-state index in [9.17, 15) is 4.79 Å². The first-order valence-corrected chi connectivity index (χ1v) is 2.50. The van der Waals surface area contributed by atoms with Gasteiger partial charge in [0.15, 0.2) is 0 Å². The standard InChI is InChI=1S/C6H6N2O.Mg.2H/c7-6(9)5-2-1-3-8-4-5;;;/h1-4H,(H2,7,9);;;. The molecule has 0 radical (unpaired) electrons. The van der Waals surface area contributed by atoms with Gasteiger partial charge in [-0.1, -0.05) is 0 Å². The van der Waals surface area contributed by atoms with E-state index in [-0.39, 0.29) is 23.1 Å². The van der Waals surface area contributed by atoms with Gasteiger partial charge in [-0.25, -0.2) is 0 Å². The fraction of sp³-hybridized carbons (Fsp3) is 0. The number of carbonyl (C=O) groups is 1. The van der Waals surface area contributed by atoms with Gasteiger partial charge in [0.25, 0.3) is 0 Å². The van der Waals surface area contributed by atoms with Crippen LogP contribution in [-0.4, -0.2) is 33.9 Å². The lowest BCUT2D eigenvalue weighted by molar-refractivity contribution is 0.1000. The topological polar surface area (TPSA) is 56.0 Å². The maximum absolute atomic E-state index is 10.4. The highest BCUT2D eigenvalue weighted by molar-refractivity contribution is 5.92. The predicted octanol–water partition coefficient (Wildman–Crippen LogP) is -0.736. The molecule has 0 saturated heterocycles. The summed E-state index contributed by atoms with van der Waals surface area (Å²) < 4.78 is 0. The summed E-state index contributed by atoms with van der Waals surface area (Å²) in [5.74, 6) is -0.442. The van der Waals surface area contributed by atoms with E-state index in [1.54, 1.807) is 18.3 Å². The zero-order valence-electron chi connectivity index (χ0n) is 4.74. The molecule has 0 aliphatic rings. The summed E-state index contributed by atoms with van der Waals surface area (Å²) >= 11 is 0. The Balaban J connectivity index is 0.000000810. The van der Waals surface area contributed by atoms with Gasteiger partial charge < -0.3 is 5.73 Å². The molecule has 1 rings (SSSR count). The summed E-state index contributed by atoms with van der Waals surface area (Å²) in [5.41, 5.74) is 5.38. The van der Waals surface area contributed by atoms with Crippen molar-refractivity contribution in [2.45, 2.75) is 0 Å². The van der Waals surface area contributed by atoms with Crippen LogP contribution in [0.2, 0.25) is 0 Å². The summed E-state index contributed by atoms with van der Waals surface area (Å²) in [6.07, 6.45) is 3.02. The number of nitrogens with two attached hydrogens (primary N) is 1. The van der Waals surface area contributed by atoms with Crippen LogP contribution in [0.1, 0.15) is 10.4 Å². The molecule has 1 aromatic rings. The van der Waals surface area contributed by atoms with Gasteiger partial charge in [0, 0.05) is 12.4 Å². The summed E-state index contributed by atoms with van der Waals surface area (Å²) in [7, 11) is 0. The predicted molar refractivity (Wildman–Crippen MR) is 41.3 cm³/mol. The molecule has 0 bridgehead atoms. The van der Waals surface area contributed by atoms with Crippen LogP contribution in [0.15, 0.2) is 24.5 Å². The molecule has 0 aromatic carbocycles. The van der Waals surface area contributed by atoms with E-state index in [1.165, 1.54) is 6.20 Å². The van der Waals surface area contributed by atoms with Crippen LogP contribution in [0.4, 0.5) is 0 Å². The van der Waals surface area contributed by atoms with Crippen LogP contribution >= 0.6 is 0 Å². The number of carbonyl (C=O) groups excluding carboxylic acids is 1. The highest BCUT2D eigenvalue weighted by Crippen LogP contribution is 1.91. The summed E-state index contributed by atoms with van der Waals surface area (Å²) in [6.45, 7) is 0.